The number of anilines is 1. The number of hydrogen-bond acceptors (Lipinski definition) is 16. The highest BCUT2D eigenvalue weighted by Crippen LogP contribution is 2.57. The molecule has 26 nitrogen and oxygen atoms in total. The van der Waals surface area contributed by atoms with Crippen molar-refractivity contribution in [2.24, 2.45) is 11.7 Å². The third kappa shape index (κ3) is 18.6. The molecule has 8 amide bonds. The lowest BCUT2D eigenvalue weighted by atomic mass is 9.77. The van der Waals surface area contributed by atoms with Gasteiger partial charge in [0.05, 0.1) is 24.4 Å². The Morgan fingerprint density at radius 2 is 1.45 bits per heavy atom. The average Bonchev–Trinajstić information content (AvgIpc) is 1.49. The van der Waals surface area contributed by atoms with Crippen LogP contribution in [0.4, 0.5) is 5.69 Å². The number of esters is 1. The first-order valence-electron chi connectivity index (χ1n) is 34.0. The standard InChI is InChI=1S/C76H83N11O15S2/c1-41(2)31-61-71(96)85-58(17-10-29-79-75(77)78)69(94)80-37-66(91)83-60(73(98)99)28-30-104(5)40-45-12-8-11-44(32-45)38-103-39-62(72(97)86-61)87-70(95)59(26-27-65(90)82-48-20-18-42(3)53(34-48)68(93)81-43(4)51-16-9-14-46-13-6-7-15-52(46)51)84-67(92)47-19-23-55-54(33-47)74(100)102-76(55)56-24-21-49(88)35-63(56)101-64-36-50(89)22-25-57(64)76/h6-9,11-16,18-25,32-36,41,43,58-62H,10,17,26-31,37-40H2,1-5H3,(H14-,77,78,79,80,81,82,83,84,85,86,87,88,89,90,91,92,93,94,95,96,97,98,99)/p+1/t43?,58-,59-,60-,61-,62-,104?/m0/s1. The summed E-state index contributed by atoms with van der Waals surface area (Å²) >= 11 is 1.26. The number of carboxylic acids is 1. The molecule has 0 aliphatic carbocycles. The van der Waals surface area contributed by atoms with Crippen LogP contribution in [0.25, 0.3) is 10.8 Å². The maximum absolute atomic E-state index is 15.3. The van der Waals surface area contributed by atoms with Gasteiger partial charge in [0, 0.05) is 82.1 Å². The molecule has 10 rings (SSSR count). The van der Waals surface area contributed by atoms with E-state index in [2.05, 4.69) is 47.9 Å². The molecule has 7 aromatic carbocycles. The van der Waals surface area contributed by atoms with Crippen molar-refractivity contribution in [1.29, 1.82) is 5.41 Å². The van der Waals surface area contributed by atoms with Crippen LogP contribution in [-0.2, 0) is 66.3 Å². The predicted molar refractivity (Wildman–Crippen MR) is 394 cm³/mol. The molecule has 0 fully saturated rings. The topological polar surface area (TPSA) is 408 Å². The lowest BCUT2D eigenvalue weighted by Crippen LogP contribution is -2.59. The number of guanidine groups is 1. The average molecular weight is 1460 g/mol. The second kappa shape index (κ2) is 33.8. The number of thioether (sulfide) groups is 1. The van der Waals surface area contributed by atoms with Crippen molar-refractivity contribution in [3.05, 3.63) is 195 Å². The van der Waals surface area contributed by atoms with Crippen molar-refractivity contribution < 1.29 is 72.7 Å². The summed E-state index contributed by atoms with van der Waals surface area (Å²) in [6, 6.07) is 31.4. The lowest BCUT2D eigenvalue weighted by Gasteiger charge is -2.36. The minimum Gasteiger partial charge on any atom is -0.508 e. The first kappa shape index (κ1) is 75.5. The highest BCUT2D eigenvalue weighted by molar-refractivity contribution is 7.98. The first-order valence-corrected chi connectivity index (χ1v) is 37.1. The van der Waals surface area contributed by atoms with E-state index in [1.54, 1.807) is 32.9 Å². The summed E-state index contributed by atoms with van der Waals surface area (Å²) in [6.45, 7) is 6.70. The van der Waals surface area contributed by atoms with Crippen LogP contribution >= 0.6 is 11.8 Å². The van der Waals surface area contributed by atoms with Gasteiger partial charge in [0.15, 0.2) is 11.6 Å². The largest absolute Gasteiger partial charge is 0.508 e. The summed E-state index contributed by atoms with van der Waals surface area (Å²) in [5.74, 6) is -7.74. The molecule has 0 saturated heterocycles. The van der Waals surface area contributed by atoms with Crippen LogP contribution in [-0.4, -0.2) is 142 Å². The minimum atomic E-state index is -1.69. The predicted octanol–water partition coefficient (Wildman–Crippen LogP) is 6.67. The molecule has 7 atom stereocenters. The van der Waals surface area contributed by atoms with Gasteiger partial charge in [0.2, 0.25) is 35.4 Å². The number of fused-ring (bicyclic) bond motifs is 9. The Morgan fingerprint density at radius 3 is 2.17 bits per heavy atom. The Morgan fingerprint density at radius 1 is 0.760 bits per heavy atom. The van der Waals surface area contributed by atoms with E-state index in [0.717, 1.165) is 27.5 Å². The molecule has 3 heterocycles. The third-order valence-electron chi connectivity index (χ3n) is 18.1. The number of carbonyl (C=O) groups is 10. The fraction of sp³-hybridized carbons (Fsp3) is 0.329. The van der Waals surface area contributed by atoms with E-state index in [9.17, 15) is 53.7 Å². The van der Waals surface area contributed by atoms with Gasteiger partial charge in [0.1, 0.15) is 64.7 Å². The molecule has 544 valence electrons. The number of aryl methyl sites for hydroxylation is 1. The van der Waals surface area contributed by atoms with Crippen LogP contribution in [0.15, 0.2) is 140 Å². The van der Waals surface area contributed by atoms with Crippen LogP contribution in [0, 0.1) is 18.3 Å². The van der Waals surface area contributed by atoms with Gasteiger partial charge >= 0.3 is 11.9 Å². The Hall–Kier alpha value is -11.1. The van der Waals surface area contributed by atoms with E-state index < -0.39 is 120 Å². The maximum Gasteiger partial charge on any atom is 0.340 e. The number of carboxylic acid groups (broad SMARTS) is 1. The number of phenols is 2. The van der Waals surface area contributed by atoms with Crippen LogP contribution in [0.1, 0.15) is 135 Å². The minimum absolute atomic E-state index is 0.0110. The molecule has 15 N–H and O–H groups in total. The van der Waals surface area contributed by atoms with Crippen molar-refractivity contribution in [3.63, 3.8) is 0 Å². The zero-order valence-electron chi connectivity index (χ0n) is 57.9. The summed E-state index contributed by atoms with van der Waals surface area (Å²) < 4.78 is 12.4. The molecule has 0 aromatic heterocycles. The van der Waals surface area contributed by atoms with Gasteiger partial charge < -0.3 is 78.4 Å². The van der Waals surface area contributed by atoms with E-state index in [1.807, 2.05) is 79.9 Å². The number of rotatable bonds is 18. The summed E-state index contributed by atoms with van der Waals surface area (Å²) in [4.78, 5) is 142. The summed E-state index contributed by atoms with van der Waals surface area (Å²) in [7, 11) is -0.377. The Bertz CT molecular complexity index is 4440. The van der Waals surface area contributed by atoms with Crippen molar-refractivity contribution in [2.75, 3.05) is 36.2 Å². The maximum atomic E-state index is 15.3. The number of nitrogens with one attached hydrogen (secondary N) is 10. The van der Waals surface area contributed by atoms with Crippen molar-refractivity contribution >= 4 is 104 Å². The number of aliphatic carboxylic acids is 1. The van der Waals surface area contributed by atoms with Gasteiger partial charge in [-0.2, -0.15) is 11.8 Å². The smallest absolute Gasteiger partial charge is 0.340 e. The fourth-order valence-electron chi connectivity index (χ4n) is 12.9. The number of phenolic OH excluding ortho intramolecular Hbond substituents is 2. The number of amides is 8. The van der Waals surface area contributed by atoms with Gasteiger partial charge in [0.25, 0.3) is 11.8 Å². The quantitative estimate of drug-likeness (QED) is 0.0140. The normalized spacial score (nSPS) is 18.9. The van der Waals surface area contributed by atoms with Gasteiger partial charge in [-0.05, 0) is 132 Å². The molecular weight excluding hydrogens is 1370 g/mol. The Kier molecular flexibility index (Phi) is 24.5. The van der Waals surface area contributed by atoms with E-state index >= 15 is 9.59 Å². The molecule has 0 radical (unpaired) electrons. The molecule has 7 aromatic rings. The highest BCUT2D eigenvalue weighted by atomic mass is 32.2. The molecular formula is C76H84N11O15S2+. The zero-order valence-corrected chi connectivity index (χ0v) is 59.6. The van der Waals surface area contributed by atoms with E-state index in [-0.39, 0.29) is 112 Å². The van der Waals surface area contributed by atoms with Crippen molar-refractivity contribution in [1.82, 2.24) is 42.5 Å². The summed E-state index contributed by atoms with van der Waals surface area (Å²) in [5, 5.41) is 65.3. The molecule has 1 spiro atoms. The molecule has 3 aliphatic rings. The summed E-state index contributed by atoms with van der Waals surface area (Å²) in [5.41, 5.74) is 8.40. The Balaban J connectivity index is 0.952. The molecule has 0 saturated carbocycles. The SMILES string of the molecule is Cc1ccc(NC(=O)CC[C@H](NC(=O)c2ccc3c(c2)C(=O)OC32c3ccc(O)cc3Oc3cc(O)ccc32)C(=O)N[C@H]2CSCc3cccc(c3)C[S+](C)CC[C@@H](C(=O)O)NC(=O)CNC(=O)[C@H](CCCNC(=N)N)NC(=O)[C@H](CC(C)C)NC2=O)cc1C(=O)NC(C)c1cccc2ccccc12. The van der Waals surface area contributed by atoms with Gasteiger partial charge in [-0.3, -0.25) is 43.8 Å². The van der Waals surface area contributed by atoms with E-state index in [0.29, 0.717) is 33.9 Å². The Labute approximate surface area is 607 Å². The van der Waals surface area contributed by atoms with Gasteiger partial charge in [-0.25, -0.2) is 9.59 Å². The number of aromatic hydroxyl groups is 2. The van der Waals surface area contributed by atoms with E-state index in [4.69, 9.17) is 20.6 Å². The third-order valence-corrected chi connectivity index (χ3v) is 20.9. The van der Waals surface area contributed by atoms with Crippen LogP contribution < -0.4 is 58.3 Å². The second-order valence-electron chi connectivity index (χ2n) is 26.4. The van der Waals surface area contributed by atoms with Gasteiger partial charge in [-0.1, -0.05) is 92.7 Å². The number of hydrogen-bond donors (Lipinski definition) is 14. The lowest BCUT2D eigenvalue weighted by molar-refractivity contribution is -0.141. The second-order valence-corrected chi connectivity index (χ2v) is 29.7. The number of benzene rings is 7. The van der Waals surface area contributed by atoms with Crippen LogP contribution in [0.2, 0.25) is 0 Å². The molecule has 28 heteroatoms. The van der Waals surface area contributed by atoms with Crippen molar-refractivity contribution in [3.8, 4) is 23.0 Å². The first-order chi connectivity index (χ1) is 49.7. The zero-order chi connectivity index (χ0) is 74.5. The van der Waals surface area contributed by atoms with Crippen molar-refractivity contribution in [2.45, 2.75) is 120 Å². The van der Waals surface area contributed by atoms with E-state index in [1.165, 1.54) is 72.4 Å². The number of carbonyl (C=O) groups excluding carboxylic acids is 9. The summed E-state index contributed by atoms with van der Waals surface area (Å²) in [6.07, 6.45) is 1.37. The van der Waals surface area contributed by atoms with Crippen LogP contribution in [0.3, 0.4) is 0 Å². The van der Waals surface area contributed by atoms with Crippen LogP contribution in [0.5, 0.6) is 23.0 Å². The van der Waals surface area contributed by atoms with Gasteiger partial charge in [-0.15, -0.1) is 0 Å². The highest BCUT2D eigenvalue weighted by Gasteiger charge is 2.54. The molecule has 2 unspecified atom stereocenters. The molecule has 3 aliphatic heterocycles. The molecule has 104 heavy (non-hydrogen) atoms. The number of ether oxygens (including phenoxy) is 2. The molecule has 2 bridgehead atoms. The fourth-order valence-corrected chi connectivity index (χ4v) is 15.4. The monoisotopic (exact) mass is 1450 g/mol. The number of nitrogens with two attached hydrogens (primary N) is 1.